The van der Waals surface area contributed by atoms with E-state index >= 15 is 0 Å². The van der Waals surface area contributed by atoms with Gasteiger partial charge in [0.15, 0.2) is 0 Å². The van der Waals surface area contributed by atoms with E-state index in [1.165, 1.54) is 5.56 Å². The minimum atomic E-state index is 0.540. The van der Waals surface area contributed by atoms with Gasteiger partial charge in [0, 0.05) is 5.39 Å². The average Bonchev–Trinajstić information content (AvgIpc) is 2.15. The largest absolute Gasteiger partial charge is 0.233 e. The Morgan fingerprint density at radius 1 is 1.25 bits per heavy atom. The number of hydrogen-bond acceptors (Lipinski definition) is 2. The van der Waals surface area contributed by atoms with E-state index in [4.69, 9.17) is 11.6 Å². The second kappa shape index (κ2) is 4.38. The summed E-state index contributed by atoms with van der Waals surface area (Å²) < 4.78 is 0. The van der Waals surface area contributed by atoms with Crippen molar-refractivity contribution in [2.75, 3.05) is 0 Å². The molecule has 16 heavy (non-hydrogen) atoms. The minimum absolute atomic E-state index is 0.540. The van der Waals surface area contributed by atoms with E-state index in [0.29, 0.717) is 11.1 Å². The molecule has 2 nitrogen and oxygen atoms in total. The van der Waals surface area contributed by atoms with Gasteiger partial charge in [-0.15, -0.1) is 0 Å². The number of nitrogens with zero attached hydrogens (tertiary/aromatic N) is 2. The van der Waals surface area contributed by atoms with Crippen LogP contribution in [0.25, 0.3) is 10.9 Å². The summed E-state index contributed by atoms with van der Waals surface area (Å²) in [6, 6.07) is 6.22. The van der Waals surface area contributed by atoms with Crippen LogP contribution in [0.15, 0.2) is 18.2 Å². The van der Waals surface area contributed by atoms with Gasteiger partial charge in [-0.05, 0) is 37.0 Å². The zero-order valence-electron chi connectivity index (χ0n) is 9.79. The molecule has 1 aromatic heterocycles. The van der Waals surface area contributed by atoms with Crippen molar-refractivity contribution in [3.05, 3.63) is 34.7 Å². The third-order valence-corrected chi connectivity index (χ3v) is 2.76. The molecule has 0 aliphatic carbocycles. The van der Waals surface area contributed by atoms with Crippen molar-refractivity contribution in [2.24, 2.45) is 5.92 Å². The second-order valence-electron chi connectivity index (χ2n) is 4.51. The summed E-state index contributed by atoms with van der Waals surface area (Å²) in [4.78, 5) is 8.56. The van der Waals surface area contributed by atoms with Crippen molar-refractivity contribution in [2.45, 2.75) is 27.2 Å². The molecule has 0 N–H and O–H groups in total. The number of halogens is 1. The minimum Gasteiger partial charge on any atom is -0.233 e. The first-order valence-corrected chi connectivity index (χ1v) is 5.87. The molecular formula is C13H15ClN2. The van der Waals surface area contributed by atoms with Crippen molar-refractivity contribution >= 4 is 22.5 Å². The molecule has 0 amide bonds. The van der Waals surface area contributed by atoms with Gasteiger partial charge in [0.2, 0.25) is 0 Å². The molecule has 3 heteroatoms. The van der Waals surface area contributed by atoms with Gasteiger partial charge >= 0.3 is 0 Å². The molecular weight excluding hydrogens is 220 g/mol. The predicted octanol–water partition coefficient (Wildman–Crippen LogP) is 3.79. The summed E-state index contributed by atoms with van der Waals surface area (Å²) in [5.74, 6) is 1.37. The lowest BCUT2D eigenvalue weighted by molar-refractivity contribution is 0.647. The highest BCUT2D eigenvalue weighted by molar-refractivity contribution is 6.34. The standard InChI is InChI=1S/C13H15ClN2/c1-8(2)6-10-4-5-11-12(7-10)15-9(3)16-13(11)14/h4-5,7-8H,6H2,1-3H3. The first-order valence-electron chi connectivity index (χ1n) is 5.49. The first-order chi connectivity index (χ1) is 7.56. The van der Waals surface area contributed by atoms with Gasteiger partial charge < -0.3 is 0 Å². The van der Waals surface area contributed by atoms with Crippen LogP contribution in [0.3, 0.4) is 0 Å². The van der Waals surface area contributed by atoms with Gasteiger partial charge in [-0.2, -0.15) is 0 Å². The van der Waals surface area contributed by atoms with Crippen LogP contribution in [0.2, 0.25) is 5.15 Å². The Morgan fingerprint density at radius 3 is 2.69 bits per heavy atom. The van der Waals surface area contributed by atoms with Crippen molar-refractivity contribution in [3.63, 3.8) is 0 Å². The monoisotopic (exact) mass is 234 g/mol. The fourth-order valence-corrected chi connectivity index (χ4v) is 2.13. The predicted molar refractivity (Wildman–Crippen MR) is 67.8 cm³/mol. The molecule has 0 bridgehead atoms. The van der Waals surface area contributed by atoms with Gasteiger partial charge in [-0.25, -0.2) is 9.97 Å². The SMILES string of the molecule is Cc1nc(Cl)c2ccc(CC(C)C)cc2n1. The molecule has 0 saturated carbocycles. The Balaban J connectivity index is 2.53. The van der Waals surface area contributed by atoms with E-state index in [1.807, 2.05) is 13.0 Å². The van der Waals surface area contributed by atoms with E-state index in [9.17, 15) is 0 Å². The van der Waals surface area contributed by atoms with Crippen molar-refractivity contribution in [1.82, 2.24) is 9.97 Å². The summed E-state index contributed by atoms with van der Waals surface area (Å²) in [5.41, 5.74) is 2.24. The number of benzene rings is 1. The van der Waals surface area contributed by atoms with Gasteiger partial charge in [-0.1, -0.05) is 31.5 Å². The van der Waals surface area contributed by atoms with Crippen LogP contribution in [0.1, 0.15) is 25.2 Å². The Kier molecular flexibility index (Phi) is 3.10. The van der Waals surface area contributed by atoms with Crippen molar-refractivity contribution in [1.29, 1.82) is 0 Å². The summed E-state index contributed by atoms with van der Waals surface area (Å²) in [6.45, 7) is 6.28. The molecule has 0 unspecified atom stereocenters. The van der Waals surface area contributed by atoms with E-state index < -0.39 is 0 Å². The lowest BCUT2D eigenvalue weighted by Crippen LogP contribution is -1.96. The lowest BCUT2D eigenvalue weighted by Gasteiger charge is -2.07. The van der Waals surface area contributed by atoms with Crippen molar-refractivity contribution in [3.8, 4) is 0 Å². The van der Waals surface area contributed by atoms with E-state index in [-0.39, 0.29) is 0 Å². The Bertz CT molecular complexity index is 521. The third-order valence-electron chi connectivity index (χ3n) is 2.47. The molecule has 0 spiro atoms. The average molecular weight is 235 g/mol. The van der Waals surface area contributed by atoms with Gasteiger partial charge in [-0.3, -0.25) is 0 Å². The summed E-state index contributed by atoms with van der Waals surface area (Å²) in [6.07, 6.45) is 1.07. The van der Waals surface area contributed by atoms with E-state index in [1.54, 1.807) is 0 Å². The van der Waals surface area contributed by atoms with E-state index in [2.05, 4.69) is 35.9 Å². The lowest BCUT2D eigenvalue weighted by atomic mass is 10.0. The molecule has 0 atom stereocenters. The maximum atomic E-state index is 6.07. The molecule has 0 aliphatic rings. The number of aromatic nitrogens is 2. The number of hydrogen-bond donors (Lipinski definition) is 0. The fourth-order valence-electron chi connectivity index (χ4n) is 1.84. The smallest absolute Gasteiger partial charge is 0.140 e. The summed E-state index contributed by atoms with van der Waals surface area (Å²) in [5, 5.41) is 1.47. The molecule has 1 aromatic carbocycles. The molecule has 2 rings (SSSR count). The third kappa shape index (κ3) is 2.33. The quantitative estimate of drug-likeness (QED) is 0.739. The van der Waals surface area contributed by atoms with Crippen LogP contribution in [-0.2, 0) is 6.42 Å². The Hall–Kier alpha value is -1.15. The molecule has 2 aromatic rings. The summed E-state index contributed by atoms with van der Waals surface area (Å²) >= 11 is 6.07. The summed E-state index contributed by atoms with van der Waals surface area (Å²) in [7, 11) is 0. The molecule has 0 radical (unpaired) electrons. The highest BCUT2D eigenvalue weighted by Crippen LogP contribution is 2.22. The van der Waals surface area contributed by atoms with E-state index in [0.717, 1.165) is 23.1 Å². The molecule has 0 fully saturated rings. The molecule has 1 heterocycles. The Labute approximate surface area is 101 Å². The van der Waals surface area contributed by atoms with Crippen LogP contribution < -0.4 is 0 Å². The molecule has 84 valence electrons. The highest BCUT2D eigenvalue weighted by atomic mass is 35.5. The second-order valence-corrected chi connectivity index (χ2v) is 4.87. The number of aryl methyl sites for hydroxylation is 1. The van der Waals surface area contributed by atoms with Crippen LogP contribution >= 0.6 is 11.6 Å². The topological polar surface area (TPSA) is 25.8 Å². The maximum Gasteiger partial charge on any atom is 0.140 e. The van der Waals surface area contributed by atoms with Crippen LogP contribution in [0.5, 0.6) is 0 Å². The first kappa shape index (κ1) is 11.3. The van der Waals surface area contributed by atoms with Crippen LogP contribution in [0.4, 0.5) is 0 Å². The van der Waals surface area contributed by atoms with Crippen LogP contribution in [0, 0.1) is 12.8 Å². The van der Waals surface area contributed by atoms with Crippen molar-refractivity contribution < 1.29 is 0 Å². The normalized spacial score (nSPS) is 11.3. The zero-order valence-corrected chi connectivity index (χ0v) is 10.5. The maximum absolute atomic E-state index is 6.07. The highest BCUT2D eigenvalue weighted by Gasteiger charge is 2.05. The van der Waals surface area contributed by atoms with Gasteiger partial charge in [0.05, 0.1) is 5.52 Å². The fraction of sp³-hybridized carbons (Fsp3) is 0.385. The van der Waals surface area contributed by atoms with Gasteiger partial charge in [0.25, 0.3) is 0 Å². The van der Waals surface area contributed by atoms with Gasteiger partial charge in [0.1, 0.15) is 11.0 Å². The molecule has 0 saturated heterocycles. The zero-order chi connectivity index (χ0) is 11.7. The number of rotatable bonds is 2. The Morgan fingerprint density at radius 2 is 2.00 bits per heavy atom. The molecule has 0 aliphatic heterocycles. The number of fused-ring (bicyclic) bond motifs is 1. The van der Waals surface area contributed by atoms with Crippen LogP contribution in [-0.4, -0.2) is 9.97 Å².